The van der Waals surface area contributed by atoms with Crippen LogP contribution in [0.25, 0.3) is 21.5 Å². The number of ether oxygens (including phenoxy) is 1. The van der Waals surface area contributed by atoms with Crippen molar-refractivity contribution in [2.75, 3.05) is 7.11 Å². The number of methoxy groups -OCH3 is 1. The quantitative estimate of drug-likeness (QED) is 0.476. The van der Waals surface area contributed by atoms with Crippen molar-refractivity contribution in [2.24, 2.45) is 0 Å². The number of fused-ring (bicyclic) bond motifs is 2. The lowest BCUT2D eigenvalue weighted by molar-refractivity contribution is -0.126. The molecule has 3 rings (SSSR count). The van der Waals surface area contributed by atoms with Gasteiger partial charge in [-0.25, -0.2) is 0 Å². The number of benzene rings is 3. The van der Waals surface area contributed by atoms with Crippen molar-refractivity contribution in [3.05, 3.63) is 60.7 Å². The van der Waals surface area contributed by atoms with Crippen molar-refractivity contribution >= 4 is 28.0 Å². The molecule has 0 N–H and O–H groups in total. The second kappa shape index (κ2) is 5.82. The van der Waals surface area contributed by atoms with Crippen LogP contribution in [0.1, 0.15) is 0 Å². The Morgan fingerprint density at radius 1 is 0.778 bits per heavy atom. The lowest BCUT2D eigenvalue weighted by atomic mass is 10.0. The summed E-state index contributed by atoms with van der Waals surface area (Å²) in [6, 6.07) is 21.4. The maximum Gasteiger partial charge on any atom is 0.292 e. The number of hydrogen-bond donors (Lipinski definition) is 0. The Morgan fingerprint density at radius 2 is 1.06 bits per heavy atom. The van der Waals surface area contributed by atoms with E-state index in [-0.39, 0.29) is 0 Å². The summed E-state index contributed by atoms with van der Waals surface area (Å²) < 4.78 is 3.86. The molecule has 0 bridgehead atoms. The highest BCUT2D eigenvalue weighted by Crippen LogP contribution is 2.21. The van der Waals surface area contributed by atoms with Crippen molar-refractivity contribution in [3.8, 4) is 0 Å². The average Bonchev–Trinajstić information content (AvgIpc) is 2.45. The average molecular weight is 238 g/mol. The number of hydrogen-bond acceptors (Lipinski definition) is 2. The minimum absolute atomic E-state index is 0.375. The van der Waals surface area contributed by atoms with E-state index in [1.165, 1.54) is 28.7 Å². The Bertz CT molecular complexity index is 554. The fraction of sp³-hybridized carbons (Fsp3) is 0.0625. The zero-order valence-corrected chi connectivity index (χ0v) is 10.2. The van der Waals surface area contributed by atoms with Gasteiger partial charge < -0.3 is 4.74 Å². The monoisotopic (exact) mass is 238 g/mol. The SMILES string of the molecule is COC=O.c1ccc2cc3ccccc3cc2c1. The van der Waals surface area contributed by atoms with Crippen LogP contribution in [-0.2, 0) is 9.53 Å². The first-order valence-corrected chi connectivity index (χ1v) is 5.69. The maximum atomic E-state index is 8.95. The van der Waals surface area contributed by atoms with Crippen molar-refractivity contribution in [3.63, 3.8) is 0 Å². The Labute approximate surface area is 106 Å². The van der Waals surface area contributed by atoms with E-state index >= 15 is 0 Å². The van der Waals surface area contributed by atoms with Gasteiger partial charge in [-0.3, -0.25) is 4.79 Å². The molecule has 3 aromatic rings. The van der Waals surface area contributed by atoms with Crippen molar-refractivity contribution < 1.29 is 9.53 Å². The first kappa shape index (κ1) is 12.1. The Balaban J connectivity index is 0.000000267. The van der Waals surface area contributed by atoms with Crippen molar-refractivity contribution in [2.45, 2.75) is 0 Å². The molecule has 90 valence electrons. The van der Waals surface area contributed by atoms with Crippen molar-refractivity contribution in [1.82, 2.24) is 0 Å². The van der Waals surface area contributed by atoms with E-state index < -0.39 is 0 Å². The molecule has 0 heterocycles. The van der Waals surface area contributed by atoms with Crippen LogP contribution in [0.5, 0.6) is 0 Å². The highest BCUT2D eigenvalue weighted by molar-refractivity contribution is 5.98. The van der Waals surface area contributed by atoms with Crippen LogP contribution < -0.4 is 0 Å². The summed E-state index contributed by atoms with van der Waals surface area (Å²) in [5, 5.41) is 5.25. The van der Waals surface area contributed by atoms with Crippen LogP contribution in [0, 0.1) is 0 Å². The maximum absolute atomic E-state index is 8.95. The molecule has 0 unspecified atom stereocenters. The van der Waals surface area contributed by atoms with E-state index in [0.717, 1.165) is 0 Å². The highest BCUT2D eigenvalue weighted by atomic mass is 16.5. The molecule has 0 saturated carbocycles. The van der Waals surface area contributed by atoms with E-state index in [0.29, 0.717) is 6.47 Å². The first-order chi connectivity index (χ1) is 8.85. The topological polar surface area (TPSA) is 26.3 Å². The molecule has 0 saturated heterocycles. The number of carbonyl (C=O) groups excluding carboxylic acids is 1. The van der Waals surface area contributed by atoms with E-state index in [4.69, 9.17) is 4.79 Å². The van der Waals surface area contributed by atoms with E-state index in [1.807, 2.05) is 0 Å². The van der Waals surface area contributed by atoms with Crippen LogP contribution in [0.2, 0.25) is 0 Å². The molecular formula is C16H14O2. The highest BCUT2D eigenvalue weighted by Gasteiger charge is 1.95. The number of carbonyl (C=O) groups is 1. The minimum atomic E-state index is 0.375. The molecule has 0 radical (unpaired) electrons. The summed E-state index contributed by atoms with van der Waals surface area (Å²) in [4.78, 5) is 8.95. The molecule has 0 spiro atoms. The smallest absolute Gasteiger partial charge is 0.292 e. The first-order valence-electron chi connectivity index (χ1n) is 5.69. The summed E-state index contributed by atoms with van der Waals surface area (Å²) in [5.74, 6) is 0. The van der Waals surface area contributed by atoms with Crippen LogP contribution in [0.15, 0.2) is 60.7 Å². The third-order valence-electron chi connectivity index (χ3n) is 2.71. The summed E-state index contributed by atoms with van der Waals surface area (Å²) in [6.45, 7) is 0.375. The third-order valence-corrected chi connectivity index (χ3v) is 2.71. The van der Waals surface area contributed by atoms with Gasteiger partial charge in [0.05, 0.1) is 7.11 Å². The predicted molar refractivity (Wildman–Crippen MR) is 74.5 cm³/mol. The van der Waals surface area contributed by atoms with Crippen molar-refractivity contribution in [1.29, 1.82) is 0 Å². The summed E-state index contributed by atoms with van der Waals surface area (Å²) in [7, 11) is 1.31. The van der Waals surface area contributed by atoms with Gasteiger partial charge in [-0.2, -0.15) is 0 Å². The minimum Gasteiger partial charge on any atom is -0.471 e. The van der Waals surface area contributed by atoms with Gasteiger partial charge in [0.25, 0.3) is 6.47 Å². The van der Waals surface area contributed by atoms with Gasteiger partial charge in [-0.05, 0) is 33.7 Å². The fourth-order valence-electron chi connectivity index (χ4n) is 1.88. The molecule has 0 amide bonds. The Hall–Kier alpha value is -2.35. The summed E-state index contributed by atoms with van der Waals surface area (Å²) in [6.07, 6.45) is 0. The zero-order valence-electron chi connectivity index (χ0n) is 10.2. The number of rotatable bonds is 1. The van der Waals surface area contributed by atoms with Crippen LogP contribution in [0.4, 0.5) is 0 Å². The molecule has 0 aromatic heterocycles. The Morgan fingerprint density at radius 3 is 1.28 bits per heavy atom. The van der Waals surface area contributed by atoms with Gasteiger partial charge in [-0.1, -0.05) is 48.5 Å². The third kappa shape index (κ3) is 2.66. The van der Waals surface area contributed by atoms with Crippen LogP contribution in [0.3, 0.4) is 0 Å². The molecule has 0 aliphatic rings. The second-order valence-corrected chi connectivity index (χ2v) is 3.88. The molecule has 18 heavy (non-hydrogen) atoms. The molecule has 2 nitrogen and oxygen atoms in total. The molecule has 0 aliphatic heterocycles. The van der Waals surface area contributed by atoms with Gasteiger partial charge in [0.1, 0.15) is 0 Å². The summed E-state index contributed by atoms with van der Waals surface area (Å²) >= 11 is 0. The zero-order chi connectivity index (χ0) is 12.8. The van der Waals surface area contributed by atoms with E-state index in [2.05, 4.69) is 65.4 Å². The van der Waals surface area contributed by atoms with Gasteiger partial charge in [0.15, 0.2) is 0 Å². The lowest BCUT2D eigenvalue weighted by Crippen LogP contribution is -1.74. The van der Waals surface area contributed by atoms with Crippen LogP contribution >= 0.6 is 0 Å². The normalized spacial score (nSPS) is 9.61. The van der Waals surface area contributed by atoms with Crippen LogP contribution in [-0.4, -0.2) is 13.6 Å². The van der Waals surface area contributed by atoms with Gasteiger partial charge >= 0.3 is 0 Å². The van der Waals surface area contributed by atoms with Gasteiger partial charge in [0, 0.05) is 0 Å². The predicted octanol–water partition coefficient (Wildman–Crippen LogP) is 3.78. The molecule has 3 aromatic carbocycles. The van der Waals surface area contributed by atoms with E-state index in [1.54, 1.807) is 0 Å². The molecule has 0 atom stereocenters. The lowest BCUT2D eigenvalue weighted by Gasteiger charge is -2.00. The van der Waals surface area contributed by atoms with Gasteiger partial charge in [0.2, 0.25) is 0 Å². The standard InChI is InChI=1S/C14H10.C2H4O2/c1-2-6-12-10-14-8-4-3-7-13(14)9-11(12)5-1;1-4-2-3/h1-10H;2H,1H3. The summed E-state index contributed by atoms with van der Waals surface area (Å²) in [5.41, 5.74) is 0. The molecule has 0 aliphatic carbocycles. The Kier molecular flexibility index (Phi) is 3.92. The largest absolute Gasteiger partial charge is 0.471 e. The fourth-order valence-corrected chi connectivity index (χ4v) is 1.88. The van der Waals surface area contributed by atoms with E-state index in [9.17, 15) is 0 Å². The van der Waals surface area contributed by atoms with Gasteiger partial charge in [-0.15, -0.1) is 0 Å². The molecular weight excluding hydrogens is 224 g/mol. The molecule has 2 heteroatoms. The second-order valence-electron chi connectivity index (χ2n) is 3.88. The molecule has 0 fully saturated rings.